The van der Waals surface area contributed by atoms with Gasteiger partial charge in [-0.3, -0.25) is 4.79 Å². The Kier molecular flexibility index (Phi) is 24.1. The molecule has 0 spiro atoms. The lowest BCUT2D eigenvalue weighted by atomic mass is 10.4. The largest absolute Gasteiger partial charge is 0.492 e. The SMILES string of the molecule is CC.CC.CCOc1ccsc1C=O.CNS(C)=O. The highest BCUT2D eigenvalue weighted by molar-refractivity contribution is 7.82. The molecule has 0 aromatic carbocycles. The van der Waals surface area contributed by atoms with Gasteiger partial charge in [-0.25, -0.2) is 8.93 Å². The molecular formula is C13H27NO3S2. The number of thiophene rings is 1. The van der Waals surface area contributed by atoms with Crippen LogP contribution in [0.4, 0.5) is 0 Å². The summed E-state index contributed by atoms with van der Waals surface area (Å²) in [6, 6.07) is 1.80. The Morgan fingerprint density at radius 1 is 1.37 bits per heavy atom. The van der Waals surface area contributed by atoms with Gasteiger partial charge in [0.2, 0.25) is 0 Å². The number of carbonyl (C=O) groups excluding carboxylic acids is 1. The van der Waals surface area contributed by atoms with E-state index in [2.05, 4.69) is 4.72 Å². The zero-order valence-electron chi connectivity index (χ0n) is 13.0. The molecule has 19 heavy (non-hydrogen) atoms. The molecule has 0 fully saturated rings. The fourth-order valence-corrected chi connectivity index (χ4v) is 1.31. The molecule has 1 heterocycles. The van der Waals surface area contributed by atoms with Crippen LogP contribution in [0.15, 0.2) is 11.4 Å². The van der Waals surface area contributed by atoms with Crippen molar-refractivity contribution < 1.29 is 13.7 Å². The van der Waals surface area contributed by atoms with Crippen LogP contribution in [0.5, 0.6) is 5.75 Å². The number of nitrogens with one attached hydrogen (secondary N) is 1. The summed E-state index contributed by atoms with van der Waals surface area (Å²) in [5, 5.41) is 1.84. The fraction of sp³-hybridized carbons (Fsp3) is 0.615. The maximum absolute atomic E-state index is 10.3. The third-order valence-corrected chi connectivity index (χ3v) is 2.75. The van der Waals surface area contributed by atoms with Gasteiger partial charge in [0.1, 0.15) is 10.6 Å². The molecule has 1 atom stereocenters. The average Bonchev–Trinajstić information content (AvgIpc) is 2.91. The summed E-state index contributed by atoms with van der Waals surface area (Å²) in [6.45, 7) is 10.5. The highest BCUT2D eigenvalue weighted by Crippen LogP contribution is 2.22. The number of hydrogen-bond donors (Lipinski definition) is 1. The minimum atomic E-state index is -0.823. The van der Waals surface area contributed by atoms with Gasteiger partial charge in [0.15, 0.2) is 6.29 Å². The molecule has 1 aromatic heterocycles. The van der Waals surface area contributed by atoms with Gasteiger partial charge in [-0.2, -0.15) is 0 Å². The van der Waals surface area contributed by atoms with Crippen LogP contribution < -0.4 is 9.46 Å². The Labute approximate surface area is 124 Å². The third kappa shape index (κ3) is 15.2. The topological polar surface area (TPSA) is 55.4 Å². The van der Waals surface area contributed by atoms with Gasteiger partial charge >= 0.3 is 0 Å². The minimum Gasteiger partial charge on any atom is -0.492 e. The molecule has 1 rings (SSSR count). The van der Waals surface area contributed by atoms with Crippen LogP contribution in [-0.2, 0) is 11.0 Å². The van der Waals surface area contributed by atoms with Crippen molar-refractivity contribution in [3.63, 3.8) is 0 Å². The van der Waals surface area contributed by atoms with E-state index in [9.17, 15) is 9.00 Å². The van der Waals surface area contributed by atoms with Crippen LogP contribution in [0.3, 0.4) is 0 Å². The number of aldehydes is 1. The zero-order chi connectivity index (χ0) is 15.7. The Hall–Kier alpha value is -0.720. The van der Waals surface area contributed by atoms with E-state index in [1.165, 1.54) is 11.3 Å². The van der Waals surface area contributed by atoms with Gasteiger partial charge in [-0.05, 0) is 25.4 Å². The molecule has 0 amide bonds. The van der Waals surface area contributed by atoms with Crippen LogP contribution >= 0.6 is 11.3 Å². The molecule has 1 N–H and O–H groups in total. The van der Waals surface area contributed by atoms with E-state index >= 15 is 0 Å². The normalized spacial score (nSPS) is 9.42. The maximum atomic E-state index is 10.3. The van der Waals surface area contributed by atoms with Gasteiger partial charge in [0.05, 0.1) is 17.6 Å². The lowest BCUT2D eigenvalue weighted by Gasteiger charge is -1.97. The van der Waals surface area contributed by atoms with Crippen molar-refractivity contribution in [1.82, 2.24) is 4.72 Å². The van der Waals surface area contributed by atoms with Gasteiger partial charge in [0, 0.05) is 6.26 Å². The lowest BCUT2D eigenvalue weighted by molar-refractivity contribution is 0.112. The van der Waals surface area contributed by atoms with Crippen molar-refractivity contribution >= 4 is 28.6 Å². The first kappa shape index (κ1) is 23.4. The van der Waals surface area contributed by atoms with Crippen molar-refractivity contribution in [3.8, 4) is 5.75 Å². The predicted octanol–water partition coefficient (Wildman–Crippen LogP) is 3.51. The number of ether oxygens (including phenoxy) is 1. The molecule has 1 aromatic rings. The number of carbonyl (C=O) groups is 1. The van der Waals surface area contributed by atoms with Crippen LogP contribution in [0, 0.1) is 0 Å². The quantitative estimate of drug-likeness (QED) is 0.866. The van der Waals surface area contributed by atoms with Crippen LogP contribution in [0.1, 0.15) is 44.3 Å². The van der Waals surface area contributed by atoms with Crippen LogP contribution in [0.2, 0.25) is 0 Å². The summed E-state index contributed by atoms with van der Waals surface area (Å²) in [7, 11) is 0.826. The minimum absolute atomic E-state index is 0.609. The smallest absolute Gasteiger partial charge is 0.163 e. The van der Waals surface area contributed by atoms with Gasteiger partial charge < -0.3 is 4.74 Å². The number of hydrogen-bond acceptors (Lipinski definition) is 4. The molecule has 4 nitrogen and oxygen atoms in total. The van der Waals surface area contributed by atoms with Gasteiger partial charge in [0.25, 0.3) is 0 Å². The molecule has 0 saturated carbocycles. The first-order chi connectivity index (χ1) is 9.15. The first-order valence-corrected chi connectivity index (χ1v) is 8.75. The Morgan fingerprint density at radius 2 is 1.84 bits per heavy atom. The summed E-state index contributed by atoms with van der Waals surface area (Å²) in [5.74, 6) is 0.697. The number of rotatable bonds is 4. The standard InChI is InChI=1S/C7H8O2S.C2H7NOS.2C2H6/c1-2-9-6-3-4-10-7(6)5-8;1-3-5(2)4;2*1-2/h3-5H,2H2,1H3;3H,1-2H3;2*1-2H3. The molecule has 6 heteroatoms. The van der Waals surface area contributed by atoms with Gasteiger partial charge in [-0.1, -0.05) is 27.7 Å². The predicted molar refractivity (Wildman–Crippen MR) is 86.7 cm³/mol. The summed E-state index contributed by atoms with van der Waals surface area (Å²) >= 11 is 1.40. The highest BCUT2D eigenvalue weighted by atomic mass is 32.2. The second-order valence-electron chi connectivity index (χ2n) is 2.36. The second kappa shape index (κ2) is 19.6. The summed E-state index contributed by atoms with van der Waals surface area (Å²) in [6.07, 6.45) is 2.40. The monoisotopic (exact) mass is 309 g/mol. The Balaban J connectivity index is -0.000000242. The van der Waals surface area contributed by atoms with Crippen molar-refractivity contribution in [2.45, 2.75) is 34.6 Å². The molecular weight excluding hydrogens is 282 g/mol. The maximum Gasteiger partial charge on any atom is 0.163 e. The molecule has 1 unspecified atom stereocenters. The first-order valence-electron chi connectivity index (χ1n) is 6.32. The van der Waals surface area contributed by atoms with E-state index < -0.39 is 11.0 Å². The molecule has 0 aliphatic heterocycles. The summed E-state index contributed by atoms with van der Waals surface area (Å²) in [5.41, 5.74) is 0. The average molecular weight is 309 g/mol. The molecule has 0 radical (unpaired) electrons. The van der Waals surface area contributed by atoms with E-state index in [4.69, 9.17) is 4.74 Å². The van der Waals surface area contributed by atoms with Crippen molar-refractivity contribution in [2.24, 2.45) is 0 Å². The van der Waals surface area contributed by atoms with E-state index in [1.807, 2.05) is 40.0 Å². The lowest BCUT2D eigenvalue weighted by Crippen LogP contribution is -2.06. The van der Waals surface area contributed by atoms with E-state index in [0.29, 0.717) is 17.2 Å². The Morgan fingerprint density at radius 3 is 2.16 bits per heavy atom. The van der Waals surface area contributed by atoms with Crippen LogP contribution in [0.25, 0.3) is 0 Å². The molecule has 0 aliphatic rings. The van der Waals surface area contributed by atoms with Crippen LogP contribution in [-0.4, -0.2) is 30.4 Å². The molecule has 0 aliphatic carbocycles. The molecule has 114 valence electrons. The van der Waals surface area contributed by atoms with E-state index in [0.717, 1.165) is 6.29 Å². The summed E-state index contributed by atoms with van der Waals surface area (Å²) in [4.78, 5) is 11.0. The zero-order valence-corrected chi connectivity index (χ0v) is 14.6. The van der Waals surface area contributed by atoms with E-state index in [1.54, 1.807) is 19.4 Å². The Bertz CT molecular complexity index is 315. The molecule has 0 saturated heterocycles. The van der Waals surface area contributed by atoms with Crippen molar-refractivity contribution in [1.29, 1.82) is 0 Å². The van der Waals surface area contributed by atoms with E-state index in [-0.39, 0.29) is 0 Å². The fourth-order valence-electron chi connectivity index (χ4n) is 0.670. The second-order valence-corrected chi connectivity index (χ2v) is 4.62. The molecule has 0 bridgehead atoms. The summed E-state index contributed by atoms with van der Waals surface area (Å²) < 4.78 is 17.5. The van der Waals surface area contributed by atoms with Gasteiger partial charge in [-0.15, -0.1) is 11.3 Å². The third-order valence-electron chi connectivity index (χ3n) is 1.35. The van der Waals surface area contributed by atoms with Crippen molar-refractivity contribution in [3.05, 3.63) is 16.3 Å². The van der Waals surface area contributed by atoms with Crippen molar-refractivity contribution in [2.75, 3.05) is 19.9 Å². The highest BCUT2D eigenvalue weighted by Gasteiger charge is 2.01.